The molecule has 0 unspecified atom stereocenters. The van der Waals surface area contributed by atoms with Gasteiger partial charge < -0.3 is 0 Å². The zero-order chi connectivity index (χ0) is 26.2. The number of fused-ring (bicyclic) bond motifs is 1. The smallest absolute Gasteiger partial charge is 0.254 e. The first-order chi connectivity index (χ1) is 17.7. The van der Waals surface area contributed by atoms with Crippen molar-refractivity contribution in [3.8, 4) is 0 Å². The molecule has 0 aliphatic heterocycles. The number of allylic oxidation sites excluding steroid dienone is 3. The van der Waals surface area contributed by atoms with Crippen molar-refractivity contribution in [1.82, 2.24) is 9.97 Å². The molecule has 7 heteroatoms. The van der Waals surface area contributed by atoms with Crippen molar-refractivity contribution >= 4 is 50.4 Å². The third-order valence-corrected chi connectivity index (χ3v) is 7.68. The summed E-state index contributed by atoms with van der Waals surface area (Å²) in [4.78, 5) is 8.78. The highest BCUT2D eigenvalue weighted by Crippen LogP contribution is 2.47. The third-order valence-electron chi connectivity index (χ3n) is 6.59. The van der Waals surface area contributed by atoms with Crippen LogP contribution in [0.3, 0.4) is 0 Å². The van der Waals surface area contributed by atoms with Crippen LogP contribution in [0.15, 0.2) is 78.5 Å². The van der Waals surface area contributed by atoms with Gasteiger partial charge in [-0.1, -0.05) is 72.7 Å². The van der Waals surface area contributed by atoms with Gasteiger partial charge in [-0.05, 0) is 71.7 Å². The van der Waals surface area contributed by atoms with Gasteiger partial charge in [0.15, 0.2) is 0 Å². The van der Waals surface area contributed by atoms with Crippen molar-refractivity contribution in [3.05, 3.63) is 111 Å². The average molecular weight is 537 g/mol. The lowest BCUT2D eigenvalue weighted by Gasteiger charge is -2.31. The summed E-state index contributed by atoms with van der Waals surface area (Å²) >= 11 is 8.09. The second-order valence-corrected chi connectivity index (χ2v) is 10.6. The number of alkyl halides is 3. The van der Waals surface area contributed by atoms with Gasteiger partial charge in [0.05, 0.1) is 32.0 Å². The van der Waals surface area contributed by atoms with Crippen LogP contribution in [0.5, 0.6) is 0 Å². The molecule has 5 rings (SSSR count). The lowest BCUT2D eigenvalue weighted by atomic mass is 9.74. The molecule has 0 bridgehead atoms. The van der Waals surface area contributed by atoms with Crippen LogP contribution in [0, 0.1) is 5.92 Å². The topological polar surface area (TPSA) is 25.8 Å². The van der Waals surface area contributed by atoms with E-state index in [0.717, 1.165) is 75.2 Å². The van der Waals surface area contributed by atoms with E-state index in [2.05, 4.69) is 16.5 Å². The first-order valence-corrected chi connectivity index (χ1v) is 13.2. The highest BCUT2D eigenvalue weighted by Gasteiger charge is 2.34. The van der Waals surface area contributed by atoms with Crippen molar-refractivity contribution in [1.29, 1.82) is 0 Å². The molecule has 0 amide bonds. The molecule has 1 fully saturated rings. The Morgan fingerprint density at radius 1 is 1.05 bits per heavy atom. The van der Waals surface area contributed by atoms with Gasteiger partial charge in [-0.25, -0.2) is 4.98 Å². The molecular weight excluding hydrogens is 513 g/mol. The molecule has 1 saturated carbocycles. The predicted molar refractivity (Wildman–Crippen MR) is 147 cm³/mol. The number of nitrogens with zero attached hydrogens (tertiary/aromatic N) is 2. The van der Waals surface area contributed by atoms with Crippen molar-refractivity contribution in [2.75, 3.05) is 0 Å². The number of halogens is 4. The second-order valence-electron chi connectivity index (χ2n) is 9.31. The minimum Gasteiger partial charge on any atom is -0.254 e. The fraction of sp³-hybridized carbons (Fsp3) is 0.200. The van der Waals surface area contributed by atoms with Crippen LogP contribution in [0.25, 0.3) is 27.4 Å². The van der Waals surface area contributed by atoms with Gasteiger partial charge in [0, 0.05) is 6.20 Å². The number of hydrogen-bond acceptors (Lipinski definition) is 3. The van der Waals surface area contributed by atoms with Gasteiger partial charge in [0.1, 0.15) is 0 Å². The maximum Gasteiger partial charge on any atom is 0.417 e. The van der Waals surface area contributed by atoms with Crippen molar-refractivity contribution in [2.24, 2.45) is 5.92 Å². The van der Waals surface area contributed by atoms with Gasteiger partial charge >= 0.3 is 6.18 Å². The first-order valence-electron chi connectivity index (χ1n) is 12.0. The van der Waals surface area contributed by atoms with E-state index in [1.807, 2.05) is 67.1 Å². The van der Waals surface area contributed by atoms with E-state index in [1.54, 1.807) is 11.3 Å². The third kappa shape index (κ3) is 5.41. The van der Waals surface area contributed by atoms with Crippen LogP contribution in [0.1, 0.15) is 54.1 Å². The number of hydrogen-bond donors (Lipinski definition) is 0. The summed E-state index contributed by atoms with van der Waals surface area (Å²) in [6.45, 7) is 5.84. The molecule has 37 heavy (non-hydrogen) atoms. The highest BCUT2D eigenvalue weighted by atomic mass is 35.5. The number of benzene rings is 2. The Hall–Kier alpha value is -3.22. The Kier molecular flexibility index (Phi) is 7.06. The Morgan fingerprint density at radius 3 is 2.41 bits per heavy atom. The molecule has 2 aromatic heterocycles. The Labute approximate surface area is 222 Å². The zero-order valence-electron chi connectivity index (χ0n) is 20.1. The molecule has 188 valence electrons. The number of aromatic nitrogens is 2. The lowest BCUT2D eigenvalue weighted by Crippen LogP contribution is -2.17. The molecule has 2 nitrogen and oxygen atoms in total. The van der Waals surface area contributed by atoms with Gasteiger partial charge in [0.2, 0.25) is 0 Å². The highest BCUT2D eigenvalue weighted by molar-refractivity contribution is 7.16. The second kappa shape index (κ2) is 10.3. The monoisotopic (exact) mass is 536 g/mol. The van der Waals surface area contributed by atoms with Crippen LogP contribution in [-0.4, -0.2) is 9.97 Å². The Bertz CT molecular complexity index is 1530. The molecule has 0 saturated heterocycles. The molecule has 0 radical (unpaired) electrons. The molecule has 4 aromatic rings. The quantitative estimate of drug-likeness (QED) is 0.229. The molecule has 2 aromatic carbocycles. The average Bonchev–Trinajstić information content (AvgIpc) is 3.29. The summed E-state index contributed by atoms with van der Waals surface area (Å²) < 4.78 is 41.2. The van der Waals surface area contributed by atoms with Gasteiger partial charge in [-0.15, -0.1) is 11.3 Å². The first kappa shape index (κ1) is 25.4. The Balaban J connectivity index is 1.74. The van der Waals surface area contributed by atoms with Crippen LogP contribution >= 0.6 is 22.9 Å². The van der Waals surface area contributed by atoms with Crippen LogP contribution < -0.4 is 0 Å². The van der Waals surface area contributed by atoms with E-state index in [4.69, 9.17) is 11.6 Å². The van der Waals surface area contributed by atoms with E-state index < -0.39 is 11.7 Å². The number of pyridine rings is 1. The van der Waals surface area contributed by atoms with Gasteiger partial charge in [-0.2, -0.15) is 13.2 Å². The minimum atomic E-state index is -4.51. The SMILES string of the molecule is C=C(C)/C=C/c1ccc(/C(=C(\c2ncc(C(F)(F)F)cc2Cl)C2CCC2)c2ccc3scnc3c2)cc1. The molecule has 0 N–H and O–H groups in total. The Morgan fingerprint density at radius 2 is 1.78 bits per heavy atom. The normalized spacial score (nSPS) is 15.2. The maximum atomic E-state index is 13.4. The summed E-state index contributed by atoms with van der Waals surface area (Å²) in [6, 6.07) is 15.2. The largest absolute Gasteiger partial charge is 0.417 e. The van der Waals surface area contributed by atoms with Gasteiger partial charge in [-0.3, -0.25) is 4.98 Å². The van der Waals surface area contributed by atoms with E-state index in [1.165, 1.54) is 0 Å². The van der Waals surface area contributed by atoms with Crippen molar-refractivity contribution < 1.29 is 13.2 Å². The molecule has 1 aliphatic carbocycles. The van der Waals surface area contributed by atoms with Crippen LogP contribution in [0.4, 0.5) is 13.2 Å². The van der Waals surface area contributed by atoms with E-state index in [0.29, 0.717) is 5.69 Å². The van der Waals surface area contributed by atoms with E-state index >= 15 is 0 Å². The number of rotatable bonds is 6. The fourth-order valence-electron chi connectivity index (χ4n) is 4.49. The van der Waals surface area contributed by atoms with Crippen molar-refractivity contribution in [3.63, 3.8) is 0 Å². The fourth-order valence-corrected chi connectivity index (χ4v) is 5.42. The lowest BCUT2D eigenvalue weighted by molar-refractivity contribution is -0.137. The molecular formula is C30H24ClF3N2S. The van der Waals surface area contributed by atoms with Gasteiger partial charge in [0.25, 0.3) is 0 Å². The van der Waals surface area contributed by atoms with E-state index in [9.17, 15) is 13.2 Å². The summed E-state index contributed by atoms with van der Waals surface area (Å²) in [5.74, 6) is 0.144. The summed E-state index contributed by atoms with van der Waals surface area (Å²) in [5, 5.41) is 0.00460. The van der Waals surface area contributed by atoms with Crippen LogP contribution in [-0.2, 0) is 6.18 Å². The minimum absolute atomic E-state index is 0.00460. The zero-order valence-corrected chi connectivity index (χ0v) is 21.7. The molecule has 2 heterocycles. The van der Waals surface area contributed by atoms with Crippen molar-refractivity contribution in [2.45, 2.75) is 32.4 Å². The van der Waals surface area contributed by atoms with Crippen LogP contribution in [0.2, 0.25) is 5.02 Å². The maximum absolute atomic E-state index is 13.4. The predicted octanol–water partition coefficient (Wildman–Crippen LogP) is 9.71. The summed E-state index contributed by atoms with van der Waals surface area (Å²) in [5.41, 5.74) is 7.89. The molecule has 1 aliphatic rings. The summed E-state index contributed by atoms with van der Waals surface area (Å²) in [6.07, 6.45) is 3.22. The summed E-state index contributed by atoms with van der Waals surface area (Å²) in [7, 11) is 0. The molecule has 0 spiro atoms. The molecule has 0 atom stereocenters. The van der Waals surface area contributed by atoms with E-state index in [-0.39, 0.29) is 10.9 Å². The number of thiazole rings is 1. The standard InChI is InChI=1S/C30H24ClF3N2S/c1-18(2)6-7-19-8-10-21(11-9-19)27(22-12-13-26-25(14-22)36-17-37-26)28(20-4-3-5-20)29-24(31)15-23(16-35-29)30(32,33)34/h6-17,20H,1,3-5H2,2H3/b7-6+,28-27+.